The van der Waals surface area contributed by atoms with Crippen LogP contribution in [0.5, 0.6) is 0 Å². The van der Waals surface area contributed by atoms with Gasteiger partial charge < -0.3 is 4.74 Å². The predicted octanol–water partition coefficient (Wildman–Crippen LogP) is 2.42. The van der Waals surface area contributed by atoms with Gasteiger partial charge in [0.1, 0.15) is 0 Å². The van der Waals surface area contributed by atoms with Gasteiger partial charge in [-0.15, -0.1) is 0 Å². The fourth-order valence-electron chi connectivity index (χ4n) is 1.58. The Hall–Kier alpha value is -2.16. The van der Waals surface area contributed by atoms with E-state index < -0.39 is 5.97 Å². The molecule has 0 saturated heterocycles. The van der Waals surface area contributed by atoms with Gasteiger partial charge in [-0.3, -0.25) is 4.98 Å². The quantitative estimate of drug-likeness (QED) is 0.568. The second-order valence-electron chi connectivity index (χ2n) is 3.35. The van der Waals surface area contributed by atoms with Crippen LogP contribution < -0.4 is 0 Å². The Bertz CT molecular complexity index is 555. The second-order valence-corrected chi connectivity index (χ2v) is 3.35. The lowest BCUT2D eigenvalue weighted by Crippen LogP contribution is -2.03. The van der Waals surface area contributed by atoms with Gasteiger partial charge in [0, 0.05) is 17.1 Å². The van der Waals surface area contributed by atoms with E-state index in [9.17, 15) is 4.79 Å². The summed E-state index contributed by atoms with van der Waals surface area (Å²) in [6, 6.07) is 9.42. The van der Waals surface area contributed by atoms with Crippen LogP contribution in [0.3, 0.4) is 0 Å². The summed E-state index contributed by atoms with van der Waals surface area (Å²) in [4.78, 5) is 15.7. The highest BCUT2D eigenvalue weighted by Crippen LogP contribution is 2.22. The summed E-state index contributed by atoms with van der Waals surface area (Å²) in [7, 11) is 1.34. The number of esters is 1. The van der Waals surface area contributed by atoms with E-state index in [1.165, 1.54) is 7.11 Å². The minimum atomic E-state index is -0.432. The summed E-state index contributed by atoms with van der Waals surface area (Å²) < 4.78 is 4.65. The normalized spacial score (nSPS) is 10.1. The number of methoxy groups -OCH3 is 1. The molecule has 0 aliphatic rings. The lowest BCUT2D eigenvalue weighted by molar-refractivity contribution is -0.133. The van der Waals surface area contributed by atoms with E-state index in [2.05, 4.69) is 16.3 Å². The molecule has 0 N–H and O–H groups in total. The molecule has 0 aliphatic carbocycles. The number of aromatic nitrogens is 1. The van der Waals surface area contributed by atoms with E-state index in [1.807, 2.05) is 30.3 Å². The molecule has 0 fully saturated rings. The number of benzene rings is 1. The molecule has 16 heavy (non-hydrogen) atoms. The Morgan fingerprint density at radius 1 is 1.31 bits per heavy atom. The standard InChI is InChI=1S/C13H11NO2/c1-9(13(15)16-2)11-7-3-5-10-6-4-8-14-12(10)11/h3-8H,1H2,2H3. The van der Waals surface area contributed by atoms with Crippen molar-refractivity contribution in [3.63, 3.8) is 0 Å². The van der Waals surface area contributed by atoms with E-state index in [0.717, 1.165) is 10.9 Å². The molecule has 3 nitrogen and oxygen atoms in total. The first kappa shape index (κ1) is 10.4. The van der Waals surface area contributed by atoms with E-state index in [1.54, 1.807) is 6.20 Å². The van der Waals surface area contributed by atoms with Gasteiger partial charge in [0.15, 0.2) is 0 Å². The SMILES string of the molecule is C=C(C(=O)OC)c1cccc2cccnc12. The molecule has 0 saturated carbocycles. The zero-order chi connectivity index (χ0) is 11.5. The topological polar surface area (TPSA) is 39.2 Å². The van der Waals surface area contributed by atoms with Gasteiger partial charge in [-0.2, -0.15) is 0 Å². The summed E-state index contributed by atoms with van der Waals surface area (Å²) in [5, 5.41) is 0.977. The number of ether oxygens (including phenoxy) is 1. The number of pyridine rings is 1. The number of nitrogens with zero attached hydrogens (tertiary/aromatic N) is 1. The maximum absolute atomic E-state index is 11.4. The third-order valence-electron chi connectivity index (χ3n) is 2.39. The molecule has 2 aromatic rings. The molecule has 0 amide bonds. The van der Waals surface area contributed by atoms with Crippen molar-refractivity contribution in [1.82, 2.24) is 4.98 Å². The zero-order valence-corrected chi connectivity index (χ0v) is 8.93. The smallest absolute Gasteiger partial charge is 0.337 e. The highest BCUT2D eigenvalue weighted by Gasteiger charge is 2.12. The van der Waals surface area contributed by atoms with Crippen molar-refractivity contribution in [3.05, 3.63) is 48.7 Å². The molecule has 0 atom stereocenters. The van der Waals surface area contributed by atoms with Crippen LogP contribution in [-0.2, 0) is 9.53 Å². The Balaban J connectivity index is 2.61. The molecular formula is C13H11NO2. The highest BCUT2D eigenvalue weighted by atomic mass is 16.5. The fourth-order valence-corrected chi connectivity index (χ4v) is 1.58. The first-order valence-corrected chi connectivity index (χ1v) is 4.85. The zero-order valence-electron chi connectivity index (χ0n) is 8.93. The molecule has 1 aromatic heterocycles. The Kier molecular flexibility index (Phi) is 2.68. The van der Waals surface area contributed by atoms with Crippen LogP contribution in [0.25, 0.3) is 16.5 Å². The van der Waals surface area contributed by atoms with Crippen LogP contribution in [0.1, 0.15) is 5.56 Å². The van der Waals surface area contributed by atoms with Gasteiger partial charge in [0.05, 0.1) is 18.2 Å². The van der Waals surface area contributed by atoms with Crippen molar-refractivity contribution in [2.75, 3.05) is 7.11 Å². The minimum Gasteiger partial charge on any atom is -0.465 e. The van der Waals surface area contributed by atoms with Crippen LogP contribution in [0.4, 0.5) is 0 Å². The summed E-state index contributed by atoms with van der Waals surface area (Å²) in [6.07, 6.45) is 1.69. The summed E-state index contributed by atoms with van der Waals surface area (Å²) in [6.45, 7) is 3.73. The number of carbonyl (C=O) groups is 1. The number of hydrogen-bond donors (Lipinski definition) is 0. The molecule has 80 valence electrons. The van der Waals surface area contributed by atoms with Gasteiger partial charge in [-0.05, 0) is 6.07 Å². The summed E-state index contributed by atoms with van der Waals surface area (Å²) in [5.74, 6) is -0.432. The van der Waals surface area contributed by atoms with Gasteiger partial charge in [0.25, 0.3) is 0 Å². The molecule has 2 rings (SSSR count). The van der Waals surface area contributed by atoms with Crippen molar-refractivity contribution in [2.24, 2.45) is 0 Å². The van der Waals surface area contributed by atoms with E-state index >= 15 is 0 Å². The van der Waals surface area contributed by atoms with Crippen molar-refractivity contribution in [2.45, 2.75) is 0 Å². The van der Waals surface area contributed by atoms with Crippen LogP contribution in [0.2, 0.25) is 0 Å². The summed E-state index contributed by atoms with van der Waals surface area (Å²) >= 11 is 0. The lowest BCUT2D eigenvalue weighted by atomic mass is 10.0. The van der Waals surface area contributed by atoms with E-state index in [-0.39, 0.29) is 0 Å². The monoisotopic (exact) mass is 213 g/mol. The minimum absolute atomic E-state index is 0.326. The third-order valence-corrected chi connectivity index (χ3v) is 2.39. The molecule has 1 aromatic carbocycles. The number of hydrogen-bond acceptors (Lipinski definition) is 3. The van der Waals surface area contributed by atoms with Crippen LogP contribution in [0, 0.1) is 0 Å². The maximum Gasteiger partial charge on any atom is 0.337 e. The van der Waals surface area contributed by atoms with Crippen LogP contribution in [0.15, 0.2) is 43.1 Å². The number of fused-ring (bicyclic) bond motifs is 1. The first-order chi connectivity index (χ1) is 7.74. The molecule has 0 aliphatic heterocycles. The van der Waals surface area contributed by atoms with Crippen molar-refractivity contribution in [3.8, 4) is 0 Å². The molecular weight excluding hydrogens is 202 g/mol. The molecule has 0 radical (unpaired) electrons. The summed E-state index contributed by atoms with van der Waals surface area (Å²) in [5.41, 5.74) is 1.80. The van der Waals surface area contributed by atoms with E-state index in [4.69, 9.17) is 0 Å². The van der Waals surface area contributed by atoms with Gasteiger partial charge >= 0.3 is 5.97 Å². The molecule has 1 heterocycles. The maximum atomic E-state index is 11.4. The first-order valence-electron chi connectivity index (χ1n) is 4.85. The predicted molar refractivity (Wildman–Crippen MR) is 62.8 cm³/mol. The molecule has 0 spiro atoms. The largest absolute Gasteiger partial charge is 0.465 e. The average molecular weight is 213 g/mol. The lowest BCUT2D eigenvalue weighted by Gasteiger charge is -2.06. The highest BCUT2D eigenvalue weighted by molar-refractivity contribution is 6.18. The van der Waals surface area contributed by atoms with Crippen LogP contribution in [-0.4, -0.2) is 18.1 Å². The van der Waals surface area contributed by atoms with Crippen molar-refractivity contribution in [1.29, 1.82) is 0 Å². The average Bonchev–Trinajstić information content (AvgIpc) is 2.36. The third kappa shape index (κ3) is 1.67. The molecule has 0 unspecified atom stereocenters. The molecule has 3 heteroatoms. The van der Waals surface area contributed by atoms with Gasteiger partial charge in [-0.1, -0.05) is 30.8 Å². The van der Waals surface area contributed by atoms with Crippen molar-refractivity contribution >= 4 is 22.4 Å². The Morgan fingerprint density at radius 2 is 2.06 bits per heavy atom. The van der Waals surface area contributed by atoms with Crippen LogP contribution >= 0.6 is 0 Å². The second kappa shape index (κ2) is 4.14. The Morgan fingerprint density at radius 3 is 2.81 bits per heavy atom. The Labute approximate surface area is 93.4 Å². The van der Waals surface area contributed by atoms with Crippen molar-refractivity contribution < 1.29 is 9.53 Å². The van der Waals surface area contributed by atoms with E-state index in [0.29, 0.717) is 11.1 Å². The van der Waals surface area contributed by atoms with Gasteiger partial charge in [-0.25, -0.2) is 4.79 Å². The number of rotatable bonds is 2. The number of para-hydroxylation sites is 1. The molecule has 0 bridgehead atoms. The fraction of sp³-hybridized carbons (Fsp3) is 0.0769. The number of carbonyl (C=O) groups excluding carboxylic acids is 1. The van der Waals surface area contributed by atoms with Gasteiger partial charge in [0.2, 0.25) is 0 Å².